The highest BCUT2D eigenvalue weighted by molar-refractivity contribution is 14.1. The van der Waals surface area contributed by atoms with Crippen LogP contribution in [0.3, 0.4) is 0 Å². The van der Waals surface area contributed by atoms with Gasteiger partial charge in [-0.2, -0.15) is 0 Å². The van der Waals surface area contributed by atoms with Crippen LogP contribution in [-0.4, -0.2) is 60.5 Å². The molecule has 3 aromatic rings. The average Bonchev–Trinajstić information content (AvgIpc) is 3.11. The van der Waals surface area contributed by atoms with Crippen LogP contribution >= 0.6 is 22.6 Å². The van der Waals surface area contributed by atoms with Gasteiger partial charge >= 0.3 is 0 Å². The second-order valence-corrected chi connectivity index (χ2v) is 14.0. The lowest BCUT2D eigenvalue weighted by molar-refractivity contribution is -0.134. The molecule has 0 saturated heterocycles. The quantitative estimate of drug-likeness (QED) is 0.0339. The molecule has 0 radical (unpaired) electrons. The van der Waals surface area contributed by atoms with Crippen molar-refractivity contribution in [2.45, 2.75) is 63.5 Å². The SMILES string of the molecule is NC(=O)[C@H](CCCN=C(N)N)CC(=O)[C@H](Cc1ccc(I)cc1)NC(=O)[C@H](CCCN=C(N)N)CC(=O)[C@@H](N)Cc1ccc(-c2ccccc2)cc1. The fraction of sp³-hybridized carbons (Fsp3) is 0.368. The smallest absolute Gasteiger partial charge is 0.224 e. The summed E-state index contributed by atoms with van der Waals surface area (Å²) in [6.07, 6.45) is 1.54. The number of guanidine groups is 2. The molecular formula is C38H50IN9O4. The number of hydrogen-bond acceptors (Lipinski definition) is 7. The monoisotopic (exact) mass is 823 g/mol. The number of primary amides is 1. The van der Waals surface area contributed by atoms with Crippen LogP contribution in [0.5, 0.6) is 0 Å². The maximum Gasteiger partial charge on any atom is 0.224 e. The molecule has 0 fully saturated rings. The molecule has 0 aliphatic heterocycles. The van der Waals surface area contributed by atoms with Crippen molar-refractivity contribution in [3.63, 3.8) is 0 Å². The number of nitrogens with two attached hydrogens (primary N) is 6. The number of Topliss-reactive ketones (excluding diaryl/α,β-unsaturated/α-hetero) is 2. The molecular weight excluding hydrogens is 773 g/mol. The fourth-order valence-electron chi connectivity index (χ4n) is 5.76. The van der Waals surface area contributed by atoms with E-state index in [0.717, 1.165) is 25.8 Å². The van der Waals surface area contributed by atoms with E-state index in [1.165, 1.54) is 0 Å². The predicted molar refractivity (Wildman–Crippen MR) is 214 cm³/mol. The van der Waals surface area contributed by atoms with Gasteiger partial charge in [0.15, 0.2) is 23.5 Å². The second-order valence-electron chi connectivity index (χ2n) is 12.8. The molecule has 4 atom stereocenters. The molecule has 0 saturated carbocycles. The second kappa shape index (κ2) is 21.5. The number of carbonyl (C=O) groups is 4. The lowest BCUT2D eigenvalue weighted by atomic mass is 9.89. The number of amides is 2. The Morgan fingerprint density at radius 1 is 0.635 bits per heavy atom. The van der Waals surface area contributed by atoms with E-state index < -0.39 is 35.7 Å². The summed E-state index contributed by atoms with van der Waals surface area (Å²) in [6, 6.07) is 23.5. The van der Waals surface area contributed by atoms with Gasteiger partial charge in [0.1, 0.15) is 0 Å². The van der Waals surface area contributed by atoms with Gasteiger partial charge in [-0.25, -0.2) is 0 Å². The molecule has 0 aromatic heterocycles. The van der Waals surface area contributed by atoms with Gasteiger partial charge in [-0.15, -0.1) is 0 Å². The molecule has 0 unspecified atom stereocenters. The van der Waals surface area contributed by atoms with E-state index in [2.05, 4.69) is 37.9 Å². The number of carbonyl (C=O) groups excluding carboxylic acids is 4. The van der Waals surface area contributed by atoms with Crippen LogP contribution in [-0.2, 0) is 32.0 Å². The van der Waals surface area contributed by atoms with Crippen molar-refractivity contribution in [3.05, 3.63) is 93.6 Å². The van der Waals surface area contributed by atoms with E-state index >= 15 is 0 Å². The molecule has 0 heterocycles. The van der Waals surface area contributed by atoms with E-state index in [4.69, 9.17) is 34.4 Å². The Bertz CT molecular complexity index is 1670. The minimum atomic E-state index is -0.987. The molecule has 0 aliphatic carbocycles. The molecule has 52 heavy (non-hydrogen) atoms. The van der Waals surface area contributed by atoms with Gasteiger partial charge in [0, 0.05) is 41.3 Å². The zero-order chi connectivity index (χ0) is 38.0. The maximum atomic E-state index is 13.9. The van der Waals surface area contributed by atoms with E-state index in [-0.39, 0.29) is 68.7 Å². The standard InChI is InChI=1S/C38H50IN9O4/c39-30-16-12-25(13-17-30)21-32(34(50)22-28(35(41)51)8-4-18-46-37(42)43)48-36(52)29(9-5-19-47-38(44)45)23-33(49)31(40)20-24-10-14-27(15-11-24)26-6-2-1-3-7-26/h1-3,6-7,10-17,28-29,31-32H,4-5,8-9,18-23,40H2,(H2,41,51)(H,48,52)(H4,42,43,46)(H4,44,45,47)/t28-,29-,31+,32+/m1/s1. The Morgan fingerprint density at radius 2 is 1.13 bits per heavy atom. The first-order chi connectivity index (χ1) is 24.8. The Morgan fingerprint density at radius 3 is 1.69 bits per heavy atom. The highest BCUT2D eigenvalue weighted by atomic mass is 127. The van der Waals surface area contributed by atoms with Gasteiger partial charge < -0.3 is 39.7 Å². The molecule has 13 nitrogen and oxygen atoms in total. The minimum absolute atomic E-state index is 0.0724. The molecule has 13 N–H and O–H groups in total. The third-order valence-corrected chi connectivity index (χ3v) is 9.39. The molecule has 278 valence electrons. The van der Waals surface area contributed by atoms with Gasteiger partial charge in [0.05, 0.1) is 12.1 Å². The van der Waals surface area contributed by atoms with E-state index in [0.29, 0.717) is 19.3 Å². The Kier molecular flexibility index (Phi) is 17.2. The summed E-state index contributed by atoms with van der Waals surface area (Å²) in [6.45, 7) is 0.533. The third-order valence-electron chi connectivity index (χ3n) is 8.67. The van der Waals surface area contributed by atoms with Crippen molar-refractivity contribution in [2.75, 3.05) is 13.1 Å². The summed E-state index contributed by atoms with van der Waals surface area (Å²) in [4.78, 5) is 61.5. The third kappa shape index (κ3) is 14.8. The number of rotatable bonds is 22. The number of halogens is 1. The van der Waals surface area contributed by atoms with E-state index in [1.807, 2.05) is 78.9 Å². The van der Waals surface area contributed by atoms with Crippen LogP contribution in [0.15, 0.2) is 88.8 Å². The van der Waals surface area contributed by atoms with Crippen LogP contribution in [0.2, 0.25) is 0 Å². The maximum absolute atomic E-state index is 13.9. The molecule has 3 rings (SSSR count). The summed E-state index contributed by atoms with van der Waals surface area (Å²) < 4.78 is 1.01. The first kappa shape index (κ1) is 41.6. The first-order valence-corrected chi connectivity index (χ1v) is 18.3. The van der Waals surface area contributed by atoms with Gasteiger partial charge in [0.2, 0.25) is 11.8 Å². The van der Waals surface area contributed by atoms with Gasteiger partial charge in [-0.05, 0) is 95.5 Å². The minimum Gasteiger partial charge on any atom is -0.370 e. The average molecular weight is 824 g/mol. The van der Waals surface area contributed by atoms with Crippen LogP contribution in [0.4, 0.5) is 0 Å². The molecule has 3 aromatic carbocycles. The fourth-order valence-corrected chi connectivity index (χ4v) is 6.12. The van der Waals surface area contributed by atoms with Crippen molar-refractivity contribution in [2.24, 2.45) is 56.2 Å². The number of aliphatic imine (C=N–C) groups is 2. The van der Waals surface area contributed by atoms with Crippen LogP contribution in [0.25, 0.3) is 11.1 Å². The summed E-state index contributed by atoms with van der Waals surface area (Å²) in [5.41, 5.74) is 37.7. The summed E-state index contributed by atoms with van der Waals surface area (Å²) in [5, 5.41) is 2.90. The predicted octanol–water partition coefficient (Wildman–Crippen LogP) is 2.30. The Hall–Kier alpha value is -4.83. The van der Waals surface area contributed by atoms with Crippen molar-refractivity contribution in [1.29, 1.82) is 0 Å². The largest absolute Gasteiger partial charge is 0.370 e. The topological polar surface area (TPSA) is 261 Å². The zero-order valence-electron chi connectivity index (χ0n) is 29.3. The normalized spacial score (nSPS) is 13.2. The van der Waals surface area contributed by atoms with Crippen molar-refractivity contribution < 1.29 is 19.2 Å². The van der Waals surface area contributed by atoms with Crippen LogP contribution in [0, 0.1) is 15.4 Å². The lowest BCUT2D eigenvalue weighted by Gasteiger charge is -2.24. The molecule has 14 heteroatoms. The molecule has 0 spiro atoms. The Balaban J connectivity index is 1.77. The van der Waals surface area contributed by atoms with Gasteiger partial charge in [-0.3, -0.25) is 29.2 Å². The van der Waals surface area contributed by atoms with E-state index in [1.54, 1.807) is 0 Å². The van der Waals surface area contributed by atoms with Gasteiger partial charge in [0.25, 0.3) is 0 Å². The highest BCUT2D eigenvalue weighted by Gasteiger charge is 2.31. The highest BCUT2D eigenvalue weighted by Crippen LogP contribution is 2.22. The molecule has 0 aliphatic rings. The van der Waals surface area contributed by atoms with Crippen LogP contribution in [0.1, 0.15) is 49.7 Å². The first-order valence-electron chi connectivity index (χ1n) is 17.2. The Labute approximate surface area is 318 Å². The summed E-state index contributed by atoms with van der Waals surface area (Å²) in [5.74, 6) is -3.52. The number of nitrogens with one attached hydrogen (secondary N) is 1. The number of ketones is 2. The summed E-state index contributed by atoms with van der Waals surface area (Å²) in [7, 11) is 0. The summed E-state index contributed by atoms with van der Waals surface area (Å²) >= 11 is 2.18. The van der Waals surface area contributed by atoms with Crippen LogP contribution < -0.4 is 39.7 Å². The van der Waals surface area contributed by atoms with Crippen molar-refractivity contribution in [1.82, 2.24) is 5.32 Å². The van der Waals surface area contributed by atoms with Crippen molar-refractivity contribution in [3.8, 4) is 11.1 Å². The van der Waals surface area contributed by atoms with Crippen molar-refractivity contribution >= 4 is 57.9 Å². The molecule has 0 bridgehead atoms. The number of hydrogen-bond donors (Lipinski definition) is 7. The zero-order valence-corrected chi connectivity index (χ0v) is 31.4. The molecule has 2 amide bonds. The number of nitrogens with zero attached hydrogens (tertiary/aromatic N) is 2. The number of benzene rings is 3. The lowest BCUT2D eigenvalue weighted by Crippen LogP contribution is -2.47. The van der Waals surface area contributed by atoms with E-state index in [9.17, 15) is 19.2 Å². The van der Waals surface area contributed by atoms with Gasteiger partial charge in [-0.1, -0.05) is 66.7 Å².